The van der Waals surface area contributed by atoms with E-state index >= 15 is 0 Å². The number of rotatable bonds is 5. The lowest BCUT2D eigenvalue weighted by molar-refractivity contribution is -0.164. The van der Waals surface area contributed by atoms with Crippen molar-refractivity contribution in [2.24, 2.45) is 0 Å². The van der Waals surface area contributed by atoms with Crippen LogP contribution in [0.25, 0.3) is 0 Å². The van der Waals surface area contributed by atoms with Gasteiger partial charge in [0.1, 0.15) is 17.2 Å². The van der Waals surface area contributed by atoms with E-state index in [2.05, 4.69) is 27.6 Å². The standard InChI is InChI=1S/C11H14INO3S/c1-2-15-9(14)7-16-11(4-3-5-11)10-13-6-8(12)17-10/h6H,2-5,7H2,1H3. The molecular formula is C11H14INO3S. The van der Waals surface area contributed by atoms with Crippen molar-refractivity contribution in [2.75, 3.05) is 13.2 Å². The zero-order valence-corrected chi connectivity index (χ0v) is 12.5. The van der Waals surface area contributed by atoms with Crippen LogP contribution in [0.4, 0.5) is 0 Å². The number of halogens is 1. The van der Waals surface area contributed by atoms with Crippen LogP contribution in [-0.4, -0.2) is 24.2 Å². The van der Waals surface area contributed by atoms with E-state index in [1.165, 1.54) is 0 Å². The normalized spacial score (nSPS) is 17.5. The van der Waals surface area contributed by atoms with Gasteiger partial charge in [0.05, 0.1) is 15.7 Å². The topological polar surface area (TPSA) is 48.4 Å². The number of carbonyl (C=O) groups excluding carboxylic acids is 1. The van der Waals surface area contributed by atoms with Gasteiger partial charge < -0.3 is 9.47 Å². The van der Waals surface area contributed by atoms with Gasteiger partial charge in [-0.3, -0.25) is 0 Å². The van der Waals surface area contributed by atoms with Gasteiger partial charge in [0.2, 0.25) is 0 Å². The first-order valence-electron chi connectivity index (χ1n) is 5.58. The summed E-state index contributed by atoms with van der Waals surface area (Å²) in [5, 5.41) is 0.984. The number of hydrogen-bond acceptors (Lipinski definition) is 5. The Balaban J connectivity index is 1.98. The number of nitrogens with zero attached hydrogens (tertiary/aromatic N) is 1. The van der Waals surface area contributed by atoms with E-state index in [4.69, 9.17) is 9.47 Å². The molecule has 17 heavy (non-hydrogen) atoms. The molecule has 1 heterocycles. The molecule has 1 aromatic heterocycles. The van der Waals surface area contributed by atoms with Gasteiger partial charge in [-0.15, -0.1) is 11.3 Å². The number of carbonyl (C=O) groups is 1. The van der Waals surface area contributed by atoms with Gasteiger partial charge in [-0.25, -0.2) is 9.78 Å². The predicted octanol–water partition coefficient (Wildman–Crippen LogP) is 2.71. The summed E-state index contributed by atoms with van der Waals surface area (Å²) in [6.45, 7) is 2.20. The minimum atomic E-state index is -0.332. The number of aromatic nitrogens is 1. The zero-order chi connectivity index (χ0) is 12.3. The maximum atomic E-state index is 11.3. The fraction of sp³-hybridized carbons (Fsp3) is 0.636. The maximum absolute atomic E-state index is 11.3. The SMILES string of the molecule is CCOC(=O)COC1(c2ncc(I)s2)CCC1. The highest BCUT2D eigenvalue weighted by Crippen LogP contribution is 2.46. The summed E-state index contributed by atoms with van der Waals surface area (Å²) in [4.78, 5) is 15.7. The molecule has 0 unspecified atom stereocenters. The van der Waals surface area contributed by atoms with Crippen molar-refractivity contribution < 1.29 is 14.3 Å². The van der Waals surface area contributed by atoms with Gasteiger partial charge in [-0.2, -0.15) is 0 Å². The van der Waals surface area contributed by atoms with Crippen molar-refractivity contribution in [3.05, 3.63) is 14.1 Å². The third kappa shape index (κ3) is 2.97. The molecule has 0 saturated heterocycles. The summed E-state index contributed by atoms with van der Waals surface area (Å²) in [7, 11) is 0. The third-order valence-electron chi connectivity index (χ3n) is 2.80. The van der Waals surface area contributed by atoms with Gasteiger partial charge in [-0.05, 0) is 48.8 Å². The van der Waals surface area contributed by atoms with Gasteiger partial charge in [0, 0.05) is 0 Å². The van der Waals surface area contributed by atoms with E-state index < -0.39 is 0 Å². The van der Waals surface area contributed by atoms with Crippen LogP contribution in [0.1, 0.15) is 31.2 Å². The Morgan fingerprint density at radius 2 is 2.41 bits per heavy atom. The quantitative estimate of drug-likeness (QED) is 0.593. The molecule has 94 valence electrons. The Morgan fingerprint density at radius 3 is 2.88 bits per heavy atom. The fourth-order valence-electron chi connectivity index (χ4n) is 1.78. The summed E-state index contributed by atoms with van der Waals surface area (Å²) >= 11 is 3.88. The lowest BCUT2D eigenvalue weighted by atomic mass is 9.80. The molecule has 0 bridgehead atoms. The molecule has 4 nitrogen and oxygen atoms in total. The summed E-state index contributed by atoms with van der Waals surface area (Å²) in [5.74, 6) is -0.301. The zero-order valence-electron chi connectivity index (χ0n) is 9.57. The molecule has 1 saturated carbocycles. The Hall–Kier alpha value is -0.210. The summed E-state index contributed by atoms with van der Waals surface area (Å²) in [5.41, 5.74) is -0.332. The average Bonchev–Trinajstić information content (AvgIpc) is 2.64. The van der Waals surface area contributed by atoms with Crippen LogP contribution in [0.3, 0.4) is 0 Å². The van der Waals surface area contributed by atoms with Crippen LogP contribution in [0.2, 0.25) is 0 Å². The fourth-order valence-corrected chi connectivity index (χ4v) is 3.39. The smallest absolute Gasteiger partial charge is 0.332 e. The number of hydrogen-bond donors (Lipinski definition) is 0. The van der Waals surface area contributed by atoms with Crippen LogP contribution >= 0.6 is 33.9 Å². The highest BCUT2D eigenvalue weighted by Gasteiger charge is 2.43. The summed E-state index contributed by atoms with van der Waals surface area (Å²) in [6, 6.07) is 0. The van der Waals surface area contributed by atoms with E-state index in [1.54, 1.807) is 18.3 Å². The van der Waals surface area contributed by atoms with Crippen molar-refractivity contribution in [2.45, 2.75) is 31.8 Å². The van der Waals surface area contributed by atoms with Crippen molar-refractivity contribution in [1.29, 1.82) is 0 Å². The second kappa shape index (κ2) is 5.62. The van der Waals surface area contributed by atoms with Crippen molar-refractivity contribution in [1.82, 2.24) is 4.98 Å². The van der Waals surface area contributed by atoms with Crippen molar-refractivity contribution in [3.8, 4) is 0 Å². The second-order valence-corrected chi connectivity index (χ2v) is 6.84. The number of esters is 1. The summed E-state index contributed by atoms with van der Waals surface area (Å²) in [6.07, 6.45) is 4.85. The minimum absolute atomic E-state index is 0.0179. The Bertz CT molecular complexity index is 403. The molecule has 0 N–H and O–H groups in total. The van der Waals surface area contributed by atoms with Gasteiger partial charge in [0.15, 0.2) is 0 Å². The van der Waals surface area contributed by atoms with Crippen LogP contribution in [0, 0.1) is 2.88 Å². The Labute approximate surface area is 118 Å². The van der Waals surface area contributed by atoms with E-state index in [1.807, 2.05) is 6.20 Å². The molecular weight excluding hydrogens is 353 g/mol. The molecule has 1 aliphatic carbocycles. The molecule has 1 aromatic rings. The molecule has 2 rings (SSSR count). The third-order valence-corrected chi connectivity index (χ3v) is 4.71. The lowest BCUT2D eigenvalue weighted by Crippen LogP contribution is -2.38. The largest absolute Gasteiger partial charge is 0.464 e. The summed E-state index contributed by atoms with van der Waals surface area (Å²) < 4.78 is 11.8. The first-order chi connectivity index (χ1) is 8.16. The molecule has 0 radical (unpaired) electrons. The highest BCUT2D eigenvalue weighted by molar-refractivity contribution is 14.1. The van der Waals surface area contributed by atoms with E-state index in [-0.39, 0.29) is 18.2 Å². The van der Waals surface area contributed by atoms with Crippen LogP contribution in [0.15, 0.2) is 6.20 Å². The molecule has 0 spiro atoms. The van der Waals surface area contributed by atoms with Crippen molar-refractivity contribution >= 4 is 39.9 Å². The van der Waals surface area contributed by atoms with Crippen LogP contribution in [-0.2, 0) is 19.9 Å². The van der Waals surface area contributed by atoms with E-state index in [0.29, 0.717) is 6.61 Å². The molecule has 6 heteroatoms. The lowest BCUT2D eigenvalue weighted by Gasteiger charge is -2.39. The highest BCUT2D eigenvalue weighted by atomic mass is 127. The predicted molar refractivity (Wildman–Crippen MR) is 72.9 cm³/mol. The van der Waals surface area contributed by atoms with E-state index in [9.17, 15) is 4.79 Å². The maximum Gasteiger partial charge on any atom is 0.332 e. The minimum Gasteiger partial charge on any atom is -0.464 e. The molecule has 0 atom stereocenters. The van der Waals surface area contributed by atoms with Gasteiger partial charge in [0.25, 0.3) is 0 Å². The molecule has 0 amide bonds. The van der Waals surface area contributed by atoms with Crippen molar-refractivity contribution in [3.63, 3.8) is 0 Å². The second-order valence-electron chi connectivity index (χ2n) is 3.91. The van der Waals surface area contributed by atoms with Gasteiger partial charge >= 0.3 is 5.97 Å². The number of ether oxygens (including phenoxy) is 2. The molecule has 0 aliphatic heterocycles. The average molecular weight is 367 g/mol. The molecule has 1 fully saturated rings. The molecule has 0 aromatic carbocycles. The number of thiazole rings is 1. The first kappa shape index (κ1) is 13.2. The van der Waals surface area contributed by atoms with Crippen LogP contribution in [0.5, 0.6) is 0 Å². The van der Waals surface area contributed by atoms with Gasteiger partial charge in [-0.1, -0.05) is 0 Å². The van der Waals surface area contributed by atoms with E-state index in [0.717, 1.165) is 27.2 Å². The molecule has 1 aliphatic rings. The Kier molecular flexibility index (Phi) is 4.37. The van der Waals surface area contributed by atoms with Crippen LogP contribution < -0.4 is 0 Å². The monoisotopic (exact) mass is 367 g/mol. The first-order valence-corrected chi connectivity index (χ1v) is 7.47. The Morgan fingerprint density at radius 1 is 1.65 bits per heavy atom.